The molecule has 0 aliphatic carbocycles. The van der Waals surface area contributed by atoms with Crippen LogP contribution < -0.4 is 5.32 Å². The number of likely N-dealkylation sites (tertiary alicyclic amines) is 1. The fourth-order valence-corrected chi connectivity index (χ4v) is 3.01. The first-order valence-corrected chi connectivity index (χ1v) is 8.49. The summed E-state index contributed by atoms with van der Waals surface area (Å²) in [6.07, 6.45) is 2.22. The van der Waals surface area contributed by atoms with Gasteiger partial charge in [-0.1, -0.05) is 32.9 Å². The molecule has 5 heteroatoms. The van der Waals surface area contributed by atoms with Crippen LogP contribution in [0.5, 0.6) is 0 Å². The van der Waals surface area contributed by atoms with Gasteiger partial charge in [-0.2, -0.15) is 5.26 Å². The van der Waals surface area contributed by atoms with E-state index in [1.54, 1.807) is 17.0 Å². The van der Waals surface area contributed by atoms with Crippen LogP contribution in [0.4, 0.5) is 9.18 Å². The van der Waals surface area contributed by atoms with Crippen LogP contribution in [0.1, 0.15) is 51.6 Å². The Morgan fingerprint density at radius 2 is 1.92 bits per heavy atom. The fraction of sp³-hybridized carbons (Fsp3) is 0.579. The number of halogens is 1. The van der Waals surface area contributed by atoms with Crippen molar-refractivity contribution in [1.29, 1.82) is 5.26 Å². The molecule has 0 spiro atoms. The Balaban J connectivity index is 2.06. The third-order valence-corrected chi connectivity index (χ3v) is 4.35. The molecule has 0 radical (unpaired) electrons. The summed E-state index contributed by atoms with van der Waals surface area (Å²) in [5.74, 6) is -0.227. The highest BCUT2D eigenvalue weighted by molar-refractivity contribution is 5.74. The van der Waals surface area contributed by atoms with Crippen molar-refractivity contribution < 1.29 is 9.18 Å². The zero-order valence-corrected chi connectivity index (χ0v) is 14.7. The standard InChI is InChI=1S/C19H26FN3O/c1-19(2,3)12-17(15-4-6-16(20)7-5-15)22-18(24)23-10-8-14(13-21)9-11-23/h4-7,14,17H,8-12H2,1-3H3,(H,22,24)/t17-/m0/s1. The molecule has 2 rings (SSSR count). The van der Waals surface area contributed by atoms with Crippen molar-refractivity contribution in [2.75, 3.05) is 13.1 Å². The molecule has 1 atom stereocenters. The number of benzene rings is 1. The van der Waals surface area contributed by atoms with Crippen molar-refractivity contribution in [2.24, 2.45) is 11.3 Å². The quantitative estimate of drug-likeness (QED) is 0.900. The Morgan fingerprint density at radius 1 is 1.33 bits per heavy atom. The Labute approximate surface area is 143 Å². The summed E-state index contributed by atoms with van der Waals surface area (Å²) in [5.41, 5.74) is 0.937. The molecule has 1 aliphatic rings. The molecule has 24 heavy (non-hydrogen) atoms. The molecule has 2 amide bonds. The number of rotatable bonds is 3. The van der Waals surface area contributed by atoms with E-state index in [0.717, 1.165) is 24.8 Å². The molecule has 1 N–H and O–H groups in total. The largest absolute Gasteiger partial charge is 0.331 e. The van der Waals surface area contributed by atoms with Gasteiger partial charge in [0.15, 0.2) is 0 Å². The van der Waals surface area contributed by atoms with Crippen molar-refractivity contribution in [3.8, 4) is 6.07 Å². The van der Waals surface area contributed by atoms with Gasteiger partial charge in [-0.15, -0.1) is 0 Å². The van der Waals surface area contributed by atoms with Gasteiger partial charge in [-0.05, 0) is 42.4 Å². The zero-order valence-electron chi connectivity index (χ0n) is 14.7. The summed E-state index contributed by atoms with van der Waals surface area (Å²) in [5, 5.41) is 12.1. The topological polar surface area (TPSA) is 56.1 Å². The molecule has 0 bridgehead atoms. The Hall–Kier alpha value is -2.09. The number of carbonyl (C=O) groups is 1. The summed E-state index contributed by atoms with van der Waals surface area (Å²) >= 11 is 0. The van der Waals surface area contributed by atoms with E-state index in [9.17, 15) is 9.18 Å². The van der Waals surface area contributed by atoms with E-state index in [0.29, 0.717) is 13.1 Å². The molecule has 4 nitrogen and oxygen atoms in total. The predicted molar refractivity (Wildman–Crippen MR) is 91.7 cm³/mol. The number of carbonyl (C=O) groups excluding carboxylic acids is 1. The minimum absolute atomic E-state index is 0.0279. The van der Waals surface area contributed by atoms with E-state index in [1.807, 2.05) is 0 Å². The third-order valence-electron chi connectivity index (χ3n) is 4.35. The van der Waals surface area contributed by atoms with E-state index >= 15 is 0 Å². The maximum atomic E-state index is 13.2. The molecule has 1 heterocycles. The molecule has 1 aromatic carbocycles. The van der Waals surface area contributed by atoms with E-state index in [2.05, 4.69) is 32.2 Å². The monoisotopic (exact) mass is 331 g/mol. The van der Waals surface area contributed by atoms with Gasteiger partial charge in [0.1, 0.15) is 5.82 Å². The molecule has 1 fully saturated rings. The number of nitriles is 1. The molecule has 130 valence electrons. The van der Waals surface area contributed by atoms with Crippen LogP contribution in [0.3, 0.4) is 0 Å². The second kappa shape index (κ2) is 7.65. The van der Waals surface area contributed by atoms with Crippen LogP contribution >= 0.6 is 0 Å². The second-order valence-corrected chi connectivity index (χ2v) is 7.71. The van der Waals surface area contributed by atoms with Crippen LogP contribution in [-0.2, 0) is 0 Å². The lowest BCUT2D eigenvalue weighted by Crippen LogP contribution is -2.46. The highest BCUT2D eigenvalue weighted by atomic mass is 19.1. The van der Waals surface area contributed by atoms with Crippen molar-refractivity contribution in [3.05, 3.63) is 35.6 Å². The molecular weight excluding hydrogens is 305 g/mol. The average Bonchev–Trinajstić information content (AvgIpc) is 2.53. The Kier molecular flexibility index (Phi) is 5.82. The lowest BCUT2D eigenvalue weighted by atomic mass is 9.85. The van der Waals surface area contributed by atoms with E-state index < -0.39 is 0 Å². The summed E-state index contributed by atoms with van der Waals surface area (Å²) in [7, 11) is 0. The Bertz CT molecular complexity index is 593. The zero-order chi connectivity index (χ0) is 17.7. The first-order chi connectivity index (χ1) is 11.3. The molecule has 1 aromatic rings. The molecular formula is C19H26FN3O. The normalized spacial score (nSPS) is 17.2. The van der Waals surface area contributed by atoms with Crippen LogP contribution in [0.15, 0.2) is 24.3 Å². The highest BCUT2D eigenvalue weighted by Crippen LogP contribution is 2.30. The summed E-state index contributed by atoms with van der Waals surface area (Å²) in [6.45, 7) is 7.57. The number of nitrogens with one attached hydrogen (secondary N) is 1. The average molecular weight is 331 g/mol. The first kappa shape index (κ1) is 18.3. The van der Waals surface area contributed by atoms with E-state index in [4.69, 9.17) is 5.26 Å². The molecule has 1 aliphatic heterocycles. The van der Waals surface area contributed by atoms with Crippen LogP contribution in [0, 0.1) is 28.5 Å². The van der Waals surface area contributed by atoms with Gasteiger partial charge < -0.3 is 10.2 Å². The lowest BCUT2D eigenvalue weighted by Gasteiger charge is -2.33. The molecule has 1 saturated heterocycles. The maximum Gasteiger partial charge on any atom is 0.317 e. The van der Waals surface area contributed by atoms with Crippen molar-refractivity contribution >= 4 is 6.03 Å². The van der Waals surface area contributed by atoms with Crippen LogP contribution in [-0.4, -0.2) is 24.0 Å². The SMILES string of the molecule is CC(C)(C)C[C@H](NC(=O)N1CCC(C#N)CC1)c1ccc(F)cc1. The van der Waals surface area contributed by atoms with Gasteiger partial charge in [-0.3, -0.25) is 0 Å². The number of amides is 2. The molecule has 0 aromatic heterocycles. The summed E-state index contributed by atoms with van der Waals surface area (Å²) < 4.78 is 13.2. The van der Waals surface area contributed by atoms with Crippen LogP contribution in [0.2, 0.25) is 0 Å². The Morgan fingerprint density at radius 3 is 2.42 bits per heavy atom. The first-order valence-electron chi connectivity index (χ1n) is 8.49. The molecule has 0 saturated carbocycles. The fourth-order valence-electron chi connectivity index (χ4n) is 3.01. The number of hydrogen-bond acceptors (Lipinski definition) is 2. The molecule has 0 unspecified atom stereocenters. The lowest BCUT2D eigenvalue weighted by molar-refractivity contribution is 0.171. The van der Waals surface area contributed by atoms with Gasteiger partial charge in [0.05, 0.1) is 12.1 Å². The van der Waals surface area contributed by atoms with Crippen LogP contribution in [0.25, 0.3) is 0 Å². The maximum absolute atomic E-state index is 13.2. The van der Waals surface area contributed by atoms with Gasteiger partial charge in [-0.25, -0.2) is 9.18 Å². The van der Waals surface area contributed by atoms with Crippen molar-refractivity contribution in [2.45, 2.75) is 46.1 Å². The van der Waals surface area contributed by atoms with Gasteiger partial charge >= 0.3 is 6.03 Å². The van der Waals surface area contributed by atoms with Crippen molar-refractivity contribution in [3.63, 3.8) is 0 Å². The smallest absolute Gasteiger partial charge is 0.317 e. The van der Waals surface area contributed by atoms with Gasteiger partial charge in [0.25, 0.3) is 0 Å². The van der Waals surface area contributed by atoms with Crippen molar-refractivity contribution in [1.82, 2.24) is 10.2 Å². The minimum Gasteiger partial charge on any atom is -0.331 e. The second-order valence-electron chi connectivity index (χ2n) is 7.71. The number of hydrogen-bond donors (Lipinski definition) is 1. The highest BCUT2D eigenvalue weighted by Gasteiger charge is 2.27. The van der Waals surface area contributed by atoms with E-state index in [-0.39, 0.29) is 29.2 Å². The minimum atomic E-state index is -0.279. The summed E-state index contributed by atoms with van der Waals surface area (Å²) in [6, 6.07) is 8.32. The number of piperidine rings is 1. The van der Waals surface area contributed by atoms with Gasteiger partial charge in [0.2, 0.25) is 0 Å². The predicted octanol–water partition coefficient (Wildman–Crippen LogP) is 4.25. The third kappa shape index (κ3) is 5.23. The number of urea groups is 1. The number of nitrogens with zero attached hydrogens (tertiary/aromatic N) is 2. The summed E-state index contributed by atoms with van der Waals surface area (Å²) in [4.78, 5) is 14.4. The van der Waals surface area contributed by atoms with E-state index in [1.165, 1.54) is 12.1 Å². The van der Waals surface area contributed by atoms with Gasteiger partial charge in [0, 0.05) is 19.0 Å².